The lowest BCUT2D eigenvalue weighted by molar-refractivity contribution is -0.143. The summed E-state index contributed by atoms with van der Waals surface area (Å²) < 4.78 is 0.902. The highest BCUT2D eigenvalue weighted by molar-refractivity contribution is 9.10. The molecular weight excluding hydrogens is 312 g/mol. The highest BCUT2D eigenvalue weighted by Crippen LogP contribution is 2.31. The van der Waals surface area contributed by atoms with Gasteiger partial charge in [-0.15, -0.1) is 11.3 Å². The van der Waals surface area contributed by atoms with Crippen molar-refractivity contribution in [3.63, 3.8) is 0 Å². The fraction of sp³-hybridized carbons (Fsp3) is 0.214. The van der Waals surface area contributed by atoms with Gasteiger partial charge in [-0.05, 0) is 36.1 Å². The predicted molar refractivity (Wildman–Crippen MR) is 77.2 cm³/mol. The van der Waals surface area contributed by atoms with Crippen LogP contribution in [-0.2, 0) is 16.6 Å². The highest BCUT2D eigenvalue weighted by Gasteiger charge is 2.35. The van der Waals surface area contributed by atoms with E-state index in [9.17, 15) is 9.90 Å². The van der Waals surface area contributed by atoms with Crippen LogP contribution in [0.3, 0.4) is 0 Å². The van der Waals surface area contributed by atoms with E-state index in [2.05, 4.69) is 15.9 Å². The second-order valence-corrected chi connectivity index (χ2v) is 6.35. The van der Waals surface area contributed by atoms with Crippen molar-refractivity contribution in [3.8, 4) is 0 Å². The Balaban J connectivity index is 2.41. The third-order valence-corrected chi connectivity index (χ3v) is 4.41. The Morgan fingerprint density at radius 1 is 1.39 bits per heavy atom. The van der Waals surface area contributed by atoms with Crippen LogP contribution in [0.5, 0.6) is 0 Å². The van der Waals surface area contributed by atoms with Crippen molar-refractivity contribution in [2.24, 2.45) is 0 Å². The Kier molecular flexibility index (Phi) is 3.88. The van der Waals surface area contributed by atoms with Crippen molar-refractivity contribution in [2.45, 2.75) is 18.8 Å². The molecule has 0 saturated heterocycles. The number of halogens is 1. The number of aliphatic carboxylic acids is 1. The van der Waals surface area contributed by atoms with Crippen molar-refractivity contribution in [1.29, 1.82) is 0 Å². The fourth-order valence-corrected chi connectivity index (χ4v) is 3.15. The summed E-state index contributed by atoms with van der Waals surface area (Å²) in [6.45, 7) is 1.77. The van der Waals surface area contributed by atoms with Gasteiger partial charge >= 0.3 is 5.97 Å². The summed E-state index contributed by atoms with van der Waals surface area (Å²) in [7, 11) is 0. The number of hydrogen-bond acceptors (Lipinski definition) is 2. The Hall–Kier alpha value is -1.13. The molecule has 1 atom stereocenters. The largest absolute Gasteiger partial charge is 0.481 e. The molecule has 0 amide bonds. The lowest BCUT2D eigenvalue weighted by atomic mass is 9.79. The van der Waals surface area contributed by atoms with Gasteiger partial charge in [0.05, 0.1) is 5.41 Å². The number of rotatable bonds is 4. The Labute approximate surface area is 118 Å². The number of hydrogen-bond donors (Lipinski definition) is 1. The molecule has 0 aliphatic rings. The predicted octanol–water partition coefficient (Wildman–Crippen LogP) is 4.10. The minimum absolute atomic E-state index is 0.510. The van der Waals surface area contributed by atoms with E-state index in [1.54, 1.807) is 18.3 Å². The zero-order valence-corrected chi connectivity index (χ0v) is 12.3. The molecule has 4 heteroatoms. The number of thiophene rings is 1. The van der Waals surface area contributed by atoms with Crippen molar-refractivity contribution in [2.75, 3.05) is 0 Å². The van der Waals surface area contributed by atoms with E-state index in [4.69, 9.17) is 0 Å². The molecule has 0 aliphatic heterocycles. The second-order valence-electron chi connectivity index (χ2n) is 4.40. The van der Waals surface area contributed by atoms with Gasteiger partial charge in [0.25, 0.3) is 0 Å². The average molecular weight is 325 g/mol. The van der Waals surface area contributed by atoms with Gasteiger partial charge < -0.3 is 5.11 Å². The lowest BCUT2D eigenvalue weighted by Crippen LogP contribution is -2.34. The molecule has 1 unspecified atom stereocenters. The van der Waals surface area contributed by atoms with Crippen LogP contribution >= 0.6 is 27.3 Å². The number of carboxylic acids is 1. The number of carbonyl (C=O) groups is 1. The minimum Gasteiger partial charge on any atom is -0.481 e. The zero-order chi connectivity index (χ0) is 13.2. The van der Waals surface area contributed by atoms with E-state index < -0.39 is 11.4 Å². The Morgan fingerprint density at radius 3 is 2.72 bits per heavy atom. The van der Waals surface area contributed by atoms with Gasteiger partial charge in [0.2, 0.25) is 0 Å². The molecule has 0 fully saturated rings. The molecule has 0 radical (unpaired) electrons. The van der Waals surface area contributed by atoms with Crippen LogP contribution in [-0.4, -0.2) is 11.1 Å². The quantitative estimate of drug-likeness (QED) is 0.919. The molecule has 2 aromatic rings. The highest BCUT2D eigenvalue weighted by atomic mass is 79.9. The van der Waals surface area contributed by atoms with Crippen LogP contribution in [0, 0.1) is 0 Å². The summed E-state index contributed by atoms with van der Waals surface area (Å²) in [5, 5.41) is 11.5. The summed E-state index contributed by atoms with van der Waals surface area (Å²) >= 11 is 4.98. The third kappa shape index (κ3) is 2.65. The number of benzene rings is 1. The summed E-state index contributed by atoms with van der Waals surface area (Å²) in [5.74, 6) is -0.797. The van der Waals surface area contributed by atoms with Crippen LogP contribution in [0.1, 0.15) is 17.4 Å². The molecule has 2 nitrogen and oxygen atoms in total. The third-order valence-electron chi connectivity index (χ3n) is 3.04. The van der Waals surface area contributed by atoms with E-state index in [0.29, 0.717) is 6.42 Å². The zero-order valence-electron chi connectivity index (χ0n) is 9.89. The summed E-state index contributed by atoms with van der Waals surface area (Å²) in [5.41, 5.74) is -0.0768. The molecule has 1 N–H and O–H groups in total. The van der Waals surface area contributed by atoms with Crippen LogP contribution in [0.2, 0.25) is 0 Å². The van der Waals surface area contributed by atoms with E-state index >= 15 is 0 Å². The molecule has 0 spiro atoms. The molecule has 0 aliphatic carbocycles. The molecule has 0 saturated carbocycles. The molecular formula is C14H13BrO2S. The molecule has 1 aromatic carbocycles. The van der Waals surface area contributed by atoms with Gasteiger partial charge in [0.1, 0.15) is 0 Å². The molecule has 2 rings (SSSR count). The van der Waals surface area contributed by atoms with Crippen LogP contribution in [0.15, 0.2) is 46.3 Å². The maximum Gasteiger partial charge on any atom is 0.314 e. The molecule has 0 bridgehead atoms. The van der Waals surface area contributed by atoms with Gasteiger partial charge in [-0.1, -0.05) is 34.1 Å². The SMILES string of the molecule is CC(Cc1cccs1)(C(=O)O)c1cccc(Br)c1. The maximum atomic E-state index is 11.6. The monoisotopic (exact) mass is 324 g/mol. The summed E-state index contributed by atoms with van der Waals surface area (Å²) in [6.07, 6.45) is 0.510. The normalized spacial score (nSPS) is 14.1. The van der Waals surface area contributed by atoms with Crippen molar-refractivity contribution >= 4 is 33.2 Å². The molecule has 1 heterocycles. The van der Waals surface area contributed by atoms with Crippen molar-refractivity contribution in [1.82, 2.24) is 0 Å². The van der Waals surface area contributed by atoms with Gasteiger partial charge in [0, 0.05) is 15.8 Å². The van der Waals surface area contributed by atoms with Crippen LogP contribution in [0.4, 0.5) is 0 Å². The smallest absolute Gasteiger partial charge is 0.314 e. The van der Waals surface area contributed by atoms with E-state index in [1.807, 2.05) is 41.8 Å². The number of carboxylic acid groups (broad SMARTS) is 1. The first kappa shape index (κ1) is 13.3. The Bertz CT molecular complexity index is 551. The van der Waals surface area contributed by atoms with E-state index in [1.165, 1.54) is 0 Å². The topological polar surface area (TPSA) is 37.3 Å². The fourth-order valence-electron chi connectivity index (χ4n) is 1.89. The average Bonchev–Trinajstić information content (AvgIpc) is 2.81. The second kappa shape index (κ2) is 5.24. The summed E-state index contributed by atoms with van der Waals surface area (Å²) in [6, 6.07) is 11.4. The first-order chi connectivity index (χ1) is 8.52. The van der Waals surface area contributed by atoms with E-state index in [-0.39, 0.29) is 0 Å². The van der Waals surface area contributed by atoms with Crippen LogP contribution < -0.4 is 0 Å². The van der Waals surface area contributed by atoms with Gasteiger partial charge in [-0.3, -0.25) is 4.79 Å². The van der Waals surface area contributed by atoms with Crippen LogP contribution in [0.25, 0.3) is 0 Å². The van der Waals surface area contributed by atoms with Gasteiger partial charge in [0.15, 0.2) is 0 Å². The minimum atomic E-state index is -0.894. The van der Waals surface area contributed by atoms with E-state index in [0.717, 1.165) is 14.9 Å². The lowest BCUT2D eigenvalue weighted by Gasteiger charge is -2.25. The van der Waals surface area contributed by atoms with Crippen molar-refractivity contribution in [3.05, 3.63) is 56.7 Å². The van der Waals surface area contributed by atoms with Gasteiger partial charge in [-0.25, -0.2) is 0 Å². The molecule has 1 aromatic heterocycles. The Morgan fingerprint density at radius 2 is 2.17 bits per heavy atom. The maximum absolute atomic E-state index is 11.6. The first-order valence-electron chi connectivity index (χ1n) is 5.54. The standard InChI is InChI=1S/C14H13BrO2S/c1-14(13(16)17,9-12-6-3-7-18-12)10-4-2-5-11(15)8-10/h2-8H,9H2,1H3,(H,16,17). The summed E-state index contributed by atoms with van der Waals surface area (Å²) in [4.78, 5) is 12.7. The van der Waals surface area contributed by atoms with Gasteiger partial charge in [-0.2, -0.15) is 0 Å². The molecule has 94 valence electrons. The van der Waals surface area contributed by atoms with Crippen molar-refractivity contribution < 1.29 is 9.90 Å². The molecule has 18 heavy (non-hydrogen) atoms. The first-order valence-corrected chi connectivity index (χ1v) is 7.21.